The normalized spacial score (nSPS) is 17.2. The number of fused-ring (bicyclic) bond motifs is 1. The molecule has 2 aliphatic heterocycles. The van der Waals surface area contributed by atoms with Gasteiger partial charge in [0, 0.05) is 49.2 Å². The molecule has 0 bridgehead atoms. The number of rotatable bonds is 3. The van der Waals surface area contributed by atoms with Crippen LogP contribution in [0.2, 0.25) is 0 Å². The van der Waals surface area contributed by atoms with Crippen LogP contribution in [0, 0.1) is 0 Å². The van der Waals surface area contributed by atoms with Crippen LogP contribution in [0.5, 0.6) is 0 Å². The summed E-state index contributed by atoms with van der Waals surface area (Å²) < 4.78 is 0. The number of benzene rings is 1. The number of carbonyl (C=O) groups excluding carboxylic acids is 2. The molecule has 134 valence electrons. The van der Waals surface area contributed by atoms with Crippen LogP contribution in [0.3, 0.4) is 0 Å². The smallest absolute Gasteiger partial charge is 0.242 e. The van der Waals surface area contributed by atoms with Crippen molar-refractivity contribution in [1.29, 1.82) is 0 Å². The van der Waals surface area contributed by atoms with Crippen molar-refractivity contribution in [1.82, 2.24) is 9.88 Å². The molecule has 0 aliphatic carbocycles. The van der Waals surface area contributed by atoms with Gasteiger partial charge in [-0.2, -0.15) is 0 Å². The molecule has 1 saturated heterocycles. The molecule has 2 aromatic rings. The third-order valence-electron chi connectivity index (χ3n) is 4.76. The zero-order chi connectivity index (χ0) is 17.9. The van der Waals surface area contributed by atoms with E-state index in [1.165, 1.54) is 11.8 Å². The molecular formula is C19H20N4O2S. The predicted octanol–water partition coefficient (Wildman–Crippen LogP) is 1.87. The summed E-state index contributed by atoms with van der Waals surface area (Å²) in [5.41, 5.74) is 1.97. The number of piperazine rings is 1. The van der Waals surface area contributed by atoms with Gasteiger partial charge in [-0.05, 0) is 24.3 Å². The van der Waals surface area contributed by atoms with Crippen LogP contribution >= 0.6 is 11.8 Å². The maximum atomic E-state index is 12.8. The molecule has 0 radical (unpaired) electrons. The Morgan fingerprint density at radius 3 is 2.54 bits per heavy atom. The summed E-state index contributed by atoms with van der Waals surface area (Å²) in [6.07, 6.45) is 3.56. The van der Waals surface area contributed by atoms with Crippen molar-refractivity contribution in [2.75, 3.05) is 48.3 Å². The summed E-state index contributed by atoms with van der Waals surface area (Å²) in [5, 5.41) is 0. The number of aromatic nitrogens is 1. The molecule has 26 heavy (non-hydrogen) atoms. The molecule has 0 atom stereocenters. The lowest BCUT2D eigenvalue weighted by molar-refractivity contribution is -0.131. The Bertz CT molecular complexity index is 806. The van der Waals surface area contributed by atoms with Crippen LogP contribution in [0.4, 0.5) is 11.4 Å². The van der Waals surface area contributed by atoms with Gasteiger partial charge in [-0.3, -0.25) is 14.6 Å². The van der Waals surface area contributed by atoms with Gasteiger partial charge >= 0.3 is 0 Å². The monoisotopic (exact) mass is 368 g/mol. The number of nitrogens with zero attached hydrogens (tertiary/aromatic N) is 4. The van der Waals surface area contributed by atoms with Crippen molar-refractivity contribution < 1.29 is 9.59 Å². The Hall–Kier alpha value is -2.54. The molecule has 0 N–H and O–H groups in total. The lowest BCUT2D eigenvalue weighted by atomic mass is 10.2. The van der Waals surface area contributed by atoms with Crippen LogP contribution in [0.15, 0.2) is 53.7 Å². The van der Waals surface area contributed by atoms with Crippen molar-refractivity contribution in [3.05, 3.63) is 48.8 Å². The summed E-state index contributed by atoms with van der Waals surface area (Å²) in [6.45, 7) is 3.02. The summed E-state index contributed by atoms with van der Waals surface area (Å²) in [5.74, 6) is 0.395. The first kappa shape index (κ1) is 16.9. The first-order valence-corrected chi connectivity index (χ1v) is 9.66. The second kappa shape index (κ2) is 7.37. The van der Waals surface area contributed by atoms with Gasteiger partial charge < -0.3 is 14.7 Å². The molecule has 3 heterocycles. The van der Waals surface area contributed by atoms with Gasteiger partial charge in [0.15, 0.2) is 0 Å². The molecule has 1 aromatic carbocycles. The number of hydrogen-bond donors (Lipinski definition) is 0. The molecule has 0 spiro atoms. The van der Waals surface area contributed by atoms with Gasteiger partial charge in [-0.1, -0.05) is 12.1 Å². The second-order valence-corrected chi connectivity index (χ2v) is 7.33. The lowest BCUT2D eigenvalue weighted by Gasteiger charge is -2.37. The van der Waals surface area contributed by atoms with Crippen molar-refractivity contribution in [3.63, 3.8) is 0 Å². The topological polar surface area (TPSA) is 56.8 Å². The number of thioether (sulfide) groups is 1. The minimum atomic E-state index is -0.00234. The van der Waals surface area contributed by atoms with Gasteiger partial charge in [0.05, 0.1) is 11.4 Å². The third-order valence-corrected chi connectivity index (χ3v) is 5.81. The molecule has 4 rings (SSSR count). The van der Waals surface area contributed by atoms with E-state index in [2.05, 4.69) is 9.88 Å². The van der Waals surface area contributed by atoms with Crippen molar-refractivity contribution in [2.45, 2.75) is 4.90 Å². The molecule has 6 nitrogen and oxygen atoms in total. The molecular weight excluding hydrogens is 348 g/mol. The molecule has 1 fully saturated rings. The molecule has 0 unspecified atom stereocenters. The second-order valence-electron chi connectivity index (χ2n) is 6.31. The van der Waals surface area contributed by atoms with E-state index in [1.807, 2.05) is 41.3 Å². The Balaban J connectivity index is 1.40. The van der Waals surface area contributed by atoms with E-state index in [9.17, 15) is 9.59 Å². The largest absolute Gasteiger partial charge is 0.368 e. The SMILES string of the molecule is O=C(CN1C(=O)CSc2ccccc21)N1CCN(c2ccncc2)CC1. The quantitative estimate of drug-likeness (QED) is 0.828. The van der Waals surface area contributed by atoms with E-state index in [0.29, 0.717) is 18.8 Å². The highest BCUT2D eigenvalue weighted by molar-refractivity contribution is 8.00. The van der Waals surface area contributed by atoms with Crippen LogP contribution in [0.1, 0.15) is 0 Å². The average Bonchev–Trinajstić information content (AvgIpc) is 2.71. The van der Waals surface area contributed by atoms with E-state index in [-0.39, 0.29) is 18.4 Å². The average molecular weight is 368 g/mol. The Labute approximate surface area is 156 Å². The van der Waals surface area contributed by atoms with E-state index >= 15 is 0 Å². The first-order chi connectivity index (χ1) is 12.7. The van der Waals surface area contributed by atoms with Crippen LogP contribution < -0.4 is 9.80 Å². The van der Waals surface area contributed by atoms with Gasteiger partial charge in [-0.15, -0.1) is 11.8 Å². The summed E-state index contributed by atoms with van der Waals surface area (Å²) in [6, 6.07) is 11.7. The van der Waals surface area contributed by atoms with Crippen molar-refractivity contribution in [3.8, 4) is 0 Å². The lowest BCUT2D eigenvalue weighted by Crippen LogP contribution is -2.52. The summed E-state index contributed by atoms with van der Waals surface area (Å²) >= 11 is 1.53. The van der Waals surface area contributed by atoms with Gasteiger partial charge in [0.25, 0.3) is 0 Å². The number of para-hydroxylation sites is 1. The van der Waals surface area contributed by atoms with Gasteiger partial charge in [0.1, 0.15) is 6.54 Å². The Morgan fingerprint density at radius 1 is 1.04 bits per heavy atom. The molecule has 2 amide bonds. The van der Waals surface area contributed by atoms with Crippen LogP contribution in [-0.4, -0.2) is 60.2 Å². The molecule has 2 aliphatic rings. The highest BCUT2D eigenvalue weighted by atomic mass is 32.2. The van der Waals surface area contributed by atoms with Gasteiger partial charge in [-0.25, -0.2) is 0 Å². The summed E-state index contributed by atoms with van der Waals surface area (Å²) in [7, 11) is 0. The Morgan fingerprint density at radius 2 is 1.77 bits per heavy atom. The van der Waals surface area contributed by atoms with Crippen molar-refractivity contribution >= 4 is 35.0 Å². The fraction of sp³-hybridized carbons (Fsp3) is 0.316. The van der Waals surface area contributed by atoms with Crippen LogP contribution in [-0.2, 0) is 9.59 Å². The standard InChI is InChI=1S/C19H20N4O2S/c24-18(13-23-16-3-1-2-4-17(16)26-14-19(23)25)22-11-9-21(10-12-22)15-5-7-20-8-6-15/h1-8H,9-14H2. The van der Waals surface area contributed by atoms with Gasteiger partial charge in [0.2, 0.25) is 11.8 Å². The minimum Gasteiger partial charge on any atom is -0.368 e. The van der Waals surface area contributed by atoms with Crippen LogP contribution in [0.25, 0.3) is 0 Å². The third kappa shape index (κ3) is 3.39. The minimum absolute atomic E-state index is 0.00234. The van der Waals surface area contributed by atoms with E-state index in [4.69, 9.17) is 0 Å². The maximum absolute atomic E-state index is 12.8. The molecule has 7 heteroatoms. The number of amides is 2. The fourth-order valence-electron chi connectivity index (χ4n) is 3.33. The fourth-order valence-corrected chi connectivity index (χ4v) is 4.27. The number of hydrogen-bond acceptors (Lipinski definition) is 5. The Kier molecular flexibility index (Phi) is 4.79. The van der Waals surface area contributed by atoms with E-state index < -0.39 is 0 Å². The molecule has 1 aromatic heterocycles. The molecule has 0 saturated carbocycles. The number of pyridine rings is 1. The van der Waals surface area contributed by atoms with E-state index in [1.54, 1.807) is 17.3 Å². The van der Waals surface area contributed by atoms with Crippen molar-refractivity contribution in [2.24, 2.45) is 0 Å². The predicted molar refractivity (Wildman–Crippen MR) is 103 cm³/mol. The zero-order valence-electron chi connectivity index (χ0n) is 14.4. The zero-order valence-corrected chi connectivity index (χ0v) is 15.2. The maximum Gasteiger partial charge on any atom is 0.242 e. The summed E-state index contributed by atoms with van der Waals surface area (Å²) in [4.78, 5) is 35.9. The number of carbonyl (C=O) groups is 2. The highest BCUT2D eigenvalue weighted by Crippen LogP contribution is 2.34. The van der Waals surface area contributed by atoms with E-state index in [0.717, 1.165) is 29.4 Å². The number of anilines is 2. The highest BCUT2D eigenvalue weighted by Gasteiger charge is 2.29. The first-order valence-electron chi connectivity index (χ1n) is 8.67.